The molecule has 0 aliphatic heterocycles. The molecule has 5 heteroatoms. The number of aryl methyl sites for hydroxylation is 1. The first-order valence-electron chi connectivity index (χ1n) is 7.02. The largest absolute Gasteiger partial charge is 0.481 e. The molecule has 0 radical (unpaired) electrons. The fraction of sp³-hybridized carbons (Fsp3) is 0.714. The number of anilines is 1. The monoisotopic (exact) mass is 284 g/mol. The summed E-state index contributed by atoms with van der Waals surface area (Å²) < 4.78 is 0. The molecule has 0 aliphatic rings. The Hall–Kier alpha value is -1.10. The molecule has 1 aromatic heterocycles. The third-order valence-electron chi connectivity index (χ3n) is 3.00. The Labute approximate surface area is 119 Å². The van der Waals surface area contributed by atoms with Gasteiger partial charge in [0.1, 0.15) is 0 Å². The Morgan fingerprint density at radius 1 is 1.32 bits per heavy atom. The van der Waals surface area contributed by atoms with Gasteiger partial charge in [0.25, 0.3) is 0 Å². The molecule has 19 heavy (non-hydrogen) atoms. The van der Waals surface area contributed by atoms with Crippen molar-refractivity contribution < 1.29 is 9.90 Å². The second-order valence-corrected chi connectivity index (χ2v) is 5.65. The number of thiazole rings is 1. The van der Waals surface area contributed by atoms with Crippen molar-refractivity contribution in [2.24, 2.45) is 0 Å². The zero-order valence-electron chi connectivity index (χ0n) is 11.9. The quantitative estimate of drug-likeness (QED) is 0.666. The molecule has 0 spiro atoms. The molecule has 0 aliphatic carbocycles. The highest BCUT2D eigenvalue weighted by molar-refractivity contribution is 7.13. The third kappa shape index (κ3) is 6.57. The normalized spacial score (nSPS) is 10.6. The van der Waals surface area contributed by atoms with E-state index in [0.717, 1.165) is 23.8 Å². The lowest BCUT2D eigenvalue weighted by Crippen LogP contribution is -2.27. The van der Waals surface area contributed by atoms with Gasteiger partial charge in [-0.15, -0.1) is 11.3 Å². The van der Waals surface area contributed by atoms with Gasteiger partial charge in [-0.05, 0) is 13.3 Å². The number of aliphatic carboxylic acids is 1. The van der Waals surface area contributed by atoms with Crippen molar-refractivity contribution in [1.29, 1.82) is 0 Å². The van der Waals surface area contributed by atoms with Gasteiger partial charge < -0.3 is 10.0 Å². The molecule has 0 aromatic carbocycles. The van der Waals surface area contributed by atoms with E-state index in [-0.39, 0.29) is 6.42 Å². The van der Waals surface area contributed by atoms with Gasteiger partial charge in [-0.1, -0.05) is 32.6 Å². The maximum atomic E-state index is 10.7. The standard InChI is InChI=1S/C14H24N2O2S/c1-3-4-5-6-7-9-16(10-8-13(17)18)14-15-12(2)11-19-14/h11H,3-10H2,1-2H3,(H,17,18). The molecule has 1 heterocycles. The van der Waals surface area contributed by atoms with Crippen LogP contribution in [0, 0.1) is 6.92 Å². The topological polar surface area (TPSA) is 53.4 Å². The summed E-state index contributed by atoms with van der Waals surface area (Å²) in [5.41, 5.74) is 1.01. The summed E-state index contributed by atoms with van der Waals surface area (Å²) in [6, 6.07) is 0. The second kappa shape index (κ2) is 8.91. The Bertz CT molecular complexity index is 379. The van der Waals surface area contributed by atoms with E-state index in [2.05, 4.69) is 16.8 Å². The Morgan fingerprint density at radius 3 is 2.63 bits per heavy atom. The van der Waals surface area contributed by atoms with Crippen LogP contribution in [0.3, 0.4) is 0 Å². The van der Waals surface area contributed by atoms with Crippen molar-refractivity contribution in [2.45, 2.75) is 52.4 Å². The highest BCUT2D eigenvalue weighted by Crippen LogP contribution is 2.21. The van der Waals surface area contributed by atoms with Gasteiger partial charge in [0.05, 0.1) is 12.1 Å². The molecular formula is C14H24N2O2S. The number of carboxylic acid groups (broad SMARTS) is 1. The van der Waals surface area contributed by atoms with Crippen LogP contribution in [-0.2, 0) is 4.79 Å². The van der Waals surface area contributed by atoms with Crippen LogP contribution in [0.15, 0.2) is 5.38 Å². The Morgan fingerprint density at radius 2 is 2.05 bits per heavy atom. The smallest absolute Gasteiger partial charge is 0.305 e. The second-order valence-electron chi connectivity index (χ2n) is 4.82. The number of unbranched alkanes of at least 4 members (excludes halogenated alkanes) is 4. The van der Waals surface area contributed by atoms with Gasteiger partial charge in [0, 0.05) is 18.5 Å². The van der Waals surface area contributed by atoms with E-state index in [1.165, 1.54) is 25.7 Å². The lowest BCUT2D eigenvalue weighted by atomic mass is 10.1. The van der Waals surface area contributed by atoms with Crippen molar-refractivity contribution >= 4 is 22.4 Å². The first-order chi connectivity index (χ1) is 9.13. The number of hydrogen-bond acceptors (Lipinski definition) is 4. The SMILES string of the molecule is CCCCCCCN(CCC(=O)O)c1nc(C)cs1. The Kier molecular flexibility index (Phi) is 7.48. The number of carboxylic acids is 1. The fourth-order valence-corrected chi connectivity index (χ4v) is 2.78. The van der Waals surface area contributed by atoms with Crippen LogP contribution in [0.25, 0.3) is 0 Å². The number of hydrogen-bond donors (Lipinski definition) is 1. The van der Waals surface area contributed by atoms with Gasteiger partial charge in [0.15, 0.2) is 5.13 Å². The summed E-state index contributed by atoms with van der Waals surface area (Å²) >= 11 is 1.60. The summed E-state index contributed by atoms with van der Waals surface area (Å²) in [6.07, 6.45) is 6.29. The predicted molar refractivity (Wildman–Crippen MR) is 80.1 cm³/mol. The summed E-state index contributed by atoms with van der Waals surface area (Å²) in [5.74, 6) is -0.746. The van der Waals surface area contributed by atoms with Crippen LogP contribution in [0.4, 0.5) is 5.13 Å². The van der Waals surface area contributed by atoms with E-state index in [1.807, 2.05) is 12.3 Å². The molecule has 0 amide bonds. The van der Waals surface area contributed by atoms with Gasteiger partial charge in [0.2, 0.25) is 0 Å². The van der Waals surface area contributed by atoms with E-state index >= 15 is 0 Å². The molecule has 108 valence electrons. The predicted octanol–water partition coefficient (Wildman–Crippen LogP) is 3.70. The van der Waals surface area contributed by atoms with Crippen LogP contribution < -0.4 is 4.90 Å². The lowest BCUT2D eigenvalue weighted by Gasteiger charge is -2.20. The third-order valence-corrected chi connectivity index (χ3v) is 4.02. The number of aromatic nitrogens is 1. The molecule has 0 saturated heterocycles. The minimum absolute atomic E-state index is 0.174. The van der Waals surface area contributed by atoms with E-state index in [1.54, 1.807) is 11.3 Å². The summed E-state index contributed by atoms with van der Waals surface area (Å²) in [4.78, 5) is 17.3. The van der Waals surface area contributed by atoms with Gasteiger partial charge in [-0.25, -0.2) is 4.98 Å². The first kappa shape index (κ1) is 16.0. The van der Waals surface area contributed by atoms with Crippen LogP contribution >= 0.6 is 11.3 Å². The number of rotatable bonds is 10. The number of carbonyl (C=O) groups is 1. The fourth-order valence-electron chi connectivity index (χ4n) is 1.93. The van der Waals surface area contributed by atoms with Crippen molar-refractivity contribution in [3.05, 3.63) is 11.1 Å². The van der Waals surface area contributed by atoms with Crippen molar-refractivity contribution in [3.8, 4) is 0 Å². The maximum absolute atomic E-state index is 10.7. The van der Waals surface area contributed by atoms with Crippen molar-refractivity contribution in [2.75, 3.05) is 18.0 Å². The molecule has 4 nitrogen and oxygen atoms in total. The van der Waals surface area contributed by atoms with E-state index < -0.39 is 5.97 Å². The van der Waals surface area contributed by atoms with Gasteiger partial charge in [-0.2, -0.15) is 0 Å². The lowest BCUT2D eigenvalue weighted by molar-refractivity contribution is -0.136. The van der Waals surface area contributed by atoms with Crippen LogP contribution in [-0.4, -0.2) is 29.1 Å². The molecule has 0 saturated carbocycles. The van der Waals surface area contributed by atoms with Crippen LogP contribution in [0.1, 0.15) is 51.1 Å². The first-order valence-corrected chi connectivity index (χ1v) is 7.90. The molecule has 1 rings (SSSR count). The van der Waals surface area contributed by atoms with Crippen molar-refractivity contribution in [1.82, 2.24) is 4.98 Å². The minimum Gasteiger partial charge on any atom is -0.481 e. The van der Waals surface area contributed by atoms with Gasteiger partial charge >= 0.3 is 5.97 Å². The summed E-state index contributed by atoms with van der Waals surface area (Å²) in [7, 11) is 0. The van der Waals surface area contributed by atoms with Crippen LogP contribution in [0.5, 0.6) is 0 Å². The maximum Gasteiger partial charge on any atom is 0.305 e. The zero-order chi connectivity index (χ0) is 14.1. The van der Waals surface area contributed by atoms with E-state index in [4.69, 9.17) is 5.11 Å². The summed E-state index contributed by atoms with van der Waals surface area (Å²) in [5, 5.41) is 11.8. The molecule has 1 N–H and O–H groups in total. The Balaban J connectivity index is 2.43. The average Bonchev–Trinajstić information content (AvgIpc) is 2.79. The molecular weight excluding hydrogens is 260 g/mol. The molecule has 0 unspecified atom stereocenters. The minimum atomic E-state index is -0.746. The van der Waals surface area contributed by atoms with E-state index in [9.17, 15) is 4.79 Å². The molecule has 0 bridgehead atoms. The van der Waals surface area contributed by atoms with E-state index in [0.29, 0.717) is 6.54 Å². The van der Waals surface area contributed by atoms with Crippen LogP contribution in [0.2, 0.25) is 0 Å². The summed E-state index contributed by atoms with van der Waals surface area (Å²) in [6.45, 7) is 5.63. The highest BCUT2D eigenvalue weighted by atomic mass is 32.1. The molecule has 0 atom stereocenters. The molecule has 1 aromatic rings. The molecule has 0 fully saturated rings. The number of nitrogens with zero attached hydrogens (tertiary/aromatic N) is 2. The van der Waals surface area contributed by atoms with Gasteiger partial charge in [-0.3, -0.25) is 4.79 Å². The average molecular weight is 284 g/mol. The highest BCUT2D eigenvalue weighted by Gasteiger charge is 2.11. The zero-order valence-corrected chi connectivity index (χ0v) is 12.7. The van der Waals surface area contributed by atoms with Crippen molar-refractivity contribution in [3.63, 3.8) is 0 Å².